The van der Waals surface area contributed by atoms with Gasteiger partial charge in [-0.05, 0) is 0 Å². The van der Waals surface area contributed by atoms with Crippen LogP contribution in [0.1, 0.15) is 0 Å². The zero-order valence-corrected chi connectivity index (χ0v) is 5.10. The van der Waals surface area contributed by atoms with Crippen LogP contribution in [0.3, 0.4) is 0 Å². The zero-order chi connectivity index (χ0) is 2.00. The van der Waals surface area contributed by atoms with Gasteiger partial charge in [-0.2, -0.15) is 0 Å². The number of thiol groups is 2. The van der Waals surface area contributed by atoms with E-state index in [2.05, 4.69) is 23.3 Å². The smallest absolute Gasteiger partial charge is 0 e. The largest absolute Gasteiger partial charge is 0 e. The number of hydrogen-bond donors (Lipinski definition) is 2. The van der Waals surface area contributed by atoms with Gasteiger partial charge in [0.2, 0.25) is 0 Å². The predicted octanol–water partition coefficient (Wildman–Crippen LogP) is 0.110. The molecule has 22 valence electrons. The minimum absolute atomic E-state index is 0. The van der Waals surface area contributed by atoms with Gasteiger partial charge in [0.15, 0.2) is 0 Å². The molecule has 0 aliphatic rings. The third kappa shape index (κ3) is 9.01. The summed E-state index contributed by atoms with van der Waals surface area (Å²) in [6.07, 6.45) is 0. The van der Waals surface area contributed by atoms with Crippen molar-refractivity contribution >= 4 is 42.2 Å². The van der Waals surface area contributed by atoms with E-state index in [0.29, 0.717) is 0 Å². The van der Waals surface area contributed by atoms with Crippen molar-refractivity contribution in [2.75, 3.05) is 0 Å². The monoisotopic (exact) mass is 172 g/mol. The minimum atomic E-state index is 0. The van der Waals surface area contributed by atoms with Crippen LogP contribution in [0, 0.1) is 0 Å². The maximum absolute atomic E-state index is 3.22. The molecule has 4 heteroatoms. The van der Waals surface area contributed by atoms with Crippen LogP contribution in [0.15, 0.2) is 0 Å². The molecule has 0 saturated carbocycles. The average molecular weight is 170 g/mol. The van der Waals surface area contributed by atoms with E-state index in [1.165, 1.54) is 0 Å². The second-order valence-corrected chi connectivity index (χ2v) is 0. The molecule has 0 aromatic carbocycles. The van der Waals surface area contributed by atoms with Gasteiger partial charge in [-0.1, -0.05) is 0 Å². The molecule has 0 N–H and O–H groups in total. The first-order valence-electron chi connectivity index (χ1n) is 0.200. The third-order valence-electron chi connectivity index (χ3n) is 0. The Morgan fingerprint density at radius 3 is 1.00 bits per heavy atom. The molecule has 0 atom stereocenters. The molecular weight excluding hydrogens is 167 g/mol. The predicted molar refractivity (Wildman–Crippen MR) is 25.1 cm³/mol. The summed E-state index contributed by atoms with van der Waals surface area (Å²) in [5.41, 5.74) is 0. The Morgan fingerprint density at radius 1 is 1.00 bits per heavy atom. The molecule has 0 heterocycles. The summed E-state index contributed by atoms with van der Waals surface area (Å²) in [6.45, 7) is 0. The van der Waals surface area contributed by atoms with Gasteiger partial charge < -0.3 is 0 Å². The normalized spacial score (nSPS) is 1.50. The summed E-state index contributed by atoms with van der Waals surface area (Å²) in [5, 5.41) is 0. The summed E-state index contributed by atoms with van der Waals surface area (Å²) < 4.78 is 0. The molecule has 0 unspecified atom stereocenters. The van der Waals surface area contributed by atoms with Gasteiger partial charge in [0.1, 0.15) is 0 Å². The van der Waals surface area contributed by atoms with Crippen LogP contribution >= 0.6 is 23.3 Å². The second-order valence-electron chi connectivity index (χ2n) is 0. The molecular formula is H3LiMoS2. The fourth-order valence-corrected chi connectivity index (χ4v) is 0. The van der Waals surface area contributed by atoms with Crippen LogP contribution in [-0.4, -0.2) is 18.9 Å². The number of rotatable bonds is 0. The molecule has 0 radical (unpaired) electrons. The quantitative estimate of drug-likeness (QED) is 0.288. The van der Waals surface area contributed by atoms with Crippen molar-refractivity contribution in [2.24, 2.45) is 0 Å². The van der Waals surface area contributed by atoms with Gasteiger partial charge in [0.05, 0.1) is 0 Å². The maximum atomic E-state index is 3.22. The van der Waals surface area contributed by atoms with Crippen LogP contribution in [0.2, 0.25) is 0 Å². The van der Waals surface area contributed by atoms with Crippen LogP contribution in [-0.2, 0) is 21.1 Å². The van der Waals surface area contributed by atoms with Crippen molar-refractivity contribution in [3.05, 3.63) is 0 Å². The van der Waals surface area contributed by atoms with Crippen LogP contribution in [0.25, 0.3) is 0 Å². The fraction of sp³-hybridized carbons (Fsp3) is 0. The van der Waals surface area contributed by atoms with E-state index in [-0.39, 0.29) is 39.9 Å². The van der Waals surface area contributed by atoms with E-state index in [1.807, 2.05) is 0 Å². The molecule has 0 aliphatic heterocycles. The van der Waals surface area contributed by atoms with Gasteiger partial charge in [-0.25, -0.2) is 0 Å². The third-order valence-corrected chi connectivity index (χ3v) is 0. The van der Waals surface area contributed by atoms with Gasteiger partial charge in [-0.3, -0.25) is 0 Å². The molecule has 0 bridgehead atoms. The van der Waals surface area contributed by atoms with E-state index in [0.717, 1.165) is 0 Å². The van der Waals surface area contributed by atoms with Gasteiger partial charge in [-0.15, -0.1) is 23.3 Å². The van der Waals surface area contributed by atoms with Gasteiger partial charge in [0.25, 0.3) is 0 Å². The Bertz CT molecular complexity index is 6.00. The summed E-state index contributed by atoms with van der Waals surface area (Å²) in [4.78, 5) is 0. The van der Waals surface area contributed by atoms with Crippen LogP contribution in [0.4, 0.5) is 0 Å². The Balaban J connectivity index is -0.00000000500. The van der Waals surface area contributed by atoms with Crippen LogP contribution < -0.4 is 0 Å². The van der Waals surface area contributed by atoms with Gasteiger partial charge >= 0.3 is 18.9 Å². The molecule has 0 aromatic rings. The Labute approximate surface area is 62.8 Å². The summed E-state index contributed by atoms with van der Waals surface area (Å²) in [5.74, 6) is 0. The summed E-state index contributed by atoms with van der Waals surface area (Å²) in [7, 11) is 0. The zero-order valence-electron chi connectivity index (χ0n) is 1.30. The summed E-state index contributed by atoms with van der Waals surface area (Å²) >= 11 is 6.44. The molecule has 0 aliphatic carbocycles. The van der Waals surface area contributed by atoms with Crippen molar-refractivity contribution < 1.29 is 21.1 Å². The average Bonchev–Trinajstić information content (AvgIpc) is 1.00. The van der Waals surface area contributed by atoms with Gasteiger partial charge in [0, 0.05) is 21.1 Å². The molecule has 0 saturated heterocycles. The van der Waals surface area contributed by atoms with Crippen molar-refractivity contribution in [1.29, 1.82) is 0 Å². The Hall–Kier alpha value is 1.99. The van der Waals surface area contributed by atoms with E-state index in [4.69, 9.17) is 0 Å². The van der Waals surface area contributed by atoms with E-state index < -0.39 is 0 Å². The van der Waals surface area contributed by atoms with E-state index in [9.17, 15) is 0 Å². The first kappa shape index (κ1) is 16.7. The van der Waals surface area contributed by atoms with Crippen LogP contribution in [0.5, 0.6) is 0 Å². The maximum Gasteiger partial charge on any atom is 0 e. The molecule has 0 rings (SSSR count). The summed E-state index contributed by atoms with van der Waals surface area (Å²) in [6, 6.07) is 0. The molecule has 0 spiro atoms. The molecule has 0 nitrogen and oxygen atoms in total. The standard InChI is InChI=1S/Li.Mo.H2S2.H/c;;1-2;/h;;1-2H;. The molecule has 0 fully saturated rings. The first-order valence-corrected chi connectivity index (χ1v) is 1.80. The number of hydrogen-bond acceptors (Lipinski definition) is 2. The molecule has 4 heavy (non-hydrogen) atoms. The molecule has 0 amide bonds. The van der Waals surface area contributed by atoms with Crippen molar-refractivity contribution in [3.63, 3.8) is 0 Å². The van der Waals surface area contributed by atoms with E-state index in [1.54, 1.807) is 0 Å². The molecule has 0 aromatic heterocycles. The van der Waals surface area contributed by atoms with Crippen molar-refractivity contribution in [3.8, 4) is 0 Å². The topological polar surface area (TPSA) is 0 Å². The van der Waals surface area contributed by atoms with Crippen molar-refractivity contribution in [2.45, 2.75) is 0 Å². The Morgan fingerprint density at radius 2 is 1.00 bits per heavy atom. The minimum Gasteiger partial charge on any atom is 0 e. The SMILES string of the molecule is SS.[LiH].[Mo]. The second kappa shape index (κ2) is 20.1. The fourth-order valence-electron chi connectivity index (χ4n) is 0. The Kier molecular flexibility index (Phi) is 83.8. The van der Waals surface area contributed by atoms with Crippen molar-refractivity contribution in [1.82, 2.24) is 0 Å². The first-order chi connectivity index (χ1) is 1.00. The van der Waals surface area contributed by atoms with E-state index >= 15 is 0 Å².